The number of halogens is 3. The summed E-state index contributed by atoms with van der Waals surface area (Å²) in [5, 5.41) is 10.5. The van der Waals surface area contributed by atoms with Crippen LogP contribution in [0.1, 0.15) is 29.3 Å². The highest BCUT2D eigenvalue weighted by Crippen LogP contribution is 2.30. The van der Waals surface area contributed by atoms with Gasteiger partial charge in [-0.2, -0.15) is 13.2 Å². The predicted molar refractivity (Wildman–Crippen MR) is 150 cm³/mol. The van der Waals surface area contributed by atoms with Gasteiger partial charge in [0.15, 0.2) is 0 Å². The van der Waals surface area contributed by atoms with Gasteiger partial charge < -0.3 is 25.1 Å². The van der Waals surface area contributed by atoms with Crippen LogP contribution >= 0.6 is 0 Å². The Morgan fingerprint density at radius 2 is 1.61 bits per heavy atom. The van der Waals surface area contributed by atoms with E-state index in [-0.39, 0.29) is 10.8 Å². The number of anilines is 2. The van der Waals surface area contributed by atoms with E-state index in [0.29, 0.717) is 24.3 Å². The highest BCUT2D eigenvalue weighted by atomic mass is 32.2. The minimum absolute atomic E-state index is 0.0603. The molecule has 0 bridgehead atoms. The molecule has 4 rings (SSSR count). The molecular formula is C27H36F3N5O5S. The topological polar surface area (TPSA) is 122 Å². The van der Waals surface area contributed by atoms with Crippen molar-refractivity contribution < 1.29 is 36.3 Å². The van der Waals surface area contributed by atoms with E-state index in [9.17, 15) is 26.4 Å². The van der Waals surface area contributed by atoms with Gasteiger partial charge in [0.1, 0.15) is 0 Å². The number of aliphatic carboxylic acids is 1. The minimum Gasteiger partial charge on any atom is -0.475 e. The Balaban J connectivity index is 0.000000587. The molecule has 41 heavy (non-hydrogen) atoms. The number of carbonyl (C=O) groups excluding carboxylic acids is 1. The van der Waals surface area contributed by atoms with Gasteiger partial charge >= 0.3 is 12.1 Å². The molecule has 2 saturated heterocycles. The van der Waals surface area contributed by atoms with Gasteiger partial charge in [-0.3, -0.25) is 9.52 Å². The van der Waals surface area contributed by atoms with Gasteiger partial charge in [0.25, 0.3) is 15.9 Å². The van der Waals surface area contributed by atoms with Crippen molar-refractivity contribution in [3.05, 3.63) is 53.6 Å². The van der Waals surface area contributed by atoms with Gasteiger partial charge in [-0.25, -0.2) is 13.2 Å². The highest BCUT2D eigenvalue weighted by molar-refractivity contribution is 7.92. The molecule has 2 aromatic carbocycles. The zero-order valence-electron chi connectivity index (χ0n) is 23.1. The van der Waals surface area contributed by atoms with Crippen LogP contribution in [-0.2, 0) is 21.2 Å². The summed E-state index contributed by atoms with van der Waals surface area (Å²) in [5.41, 5.74) is 2.82. The number of benzene rings is 2. The normalized spacial score (nSPS) is 16.8. The van der Waals surface area contributed by atoms with Crippen LogP contribution in [0.15, 0.2) is 47.4 Å². The lowest BCUT2D eigenvalue weighted by atomic mass is 10.1. The van der Waals surface area contributed by atoms with E-state index < -0.39 is 22.2 Å². The molecule has 3 N–H and O–H groups in total. The lowest BCUT2D eigenvalue weighted by Gasteiger charge is -2.31. The first-order valence-electron chi connectivity index (χ1n) is 13.3. The molecular weight excluding hydrogens is 563 g/mol. The molecule has 2 fully saturated rings. The second-order valence-corrected chi connectivity index (χ2v) is 11.5. The van der Waals surface area contributed by atoms with Crippen molar-refractivity contribution in [3.8, 4) is 0 Å². The van der Waals surface area contributed by atoms with Crippen molar-refractivity contribution in [3.63, 3.8) is 0 Å². The Bertz CT molecular complexity index is 1300. The van der Waals surface area contributed by atoms with Gasteiger partial charge in [-0.15, -0.1) is 0 Å². The third-order valence-corrected chi connectivity index (χ3v) is 8.22. The number of sulfonamides is 1. The summed E-state index contributed by atoms with van der Waals surface area (Å²) in [6.45, 7) is 8.39. The van der Waals surface area contributed by atoms with E-state index in [1.54, 1.807) is 18.2 Å². The first-order chi connectivity index (χ1) is 19.3. The maximum atomic E-state index is 13.3. The van der Waals surface area contributed by atoms with Crippen LogP contribution < -0.4 is 14.9 Å². The molecule has 0 aliphatic carbocycles. The molecule has 2 aliphatic rings. The van der Waals surface area contributed by atoms with E-state index >= 15 is 0 Å². The number of piperazine rings is 1. The summed E-state index contributed by atoms with van der Waals surface area (Å²) in [5.74, 6) is -2.82. The molecule has 14 heteroatoms. The largest absolute Gasteiger partial charge is 0.490 e. The highest BCUT2D eigenvalue weighted by Gasteiger charge is 2.38. The summed E-state index contributed by atoms with van der Waals surface area (Å²) in [6, 6.07) is 12.3. The monoisotopic (exact) mass is 599 g/mol. The second kappa shape index (κ2) is 14.0. The SMILES string of the molecule is CCc1ccc(S(=O)(=O)Nc2cc(C(=O)N3CCCN(C)CC3)ccc2N2CCNCC2)cc1.O=C(O)C(F)(F)F. The number of carbonyl (C=O) groups is 2. The fourth-order valence-corrected chi connectivity index (χ4v) is 5.54. The molecule has 0 spiro atoms. The van der Waals surface area contributed by atoms with Crippen molar-refractivity contribution in [1.82, 2.24) is 15.1 Å². The Kier molecular flexibility index (Phi) is 11.0. The van der Waals surface area contributed by atoms with Crippen molar-refractivity contribution in [2.75, 3.05) is 69.0 Å². The average molecular weight is 600 g/mol. The fourth-order valence-electron chi connectivity index (χ4n) is 4.47. The van der Waals surface area contributed by atoms with Crippen LogP contribution in [0.3, 0.4) is 0 Å². The third-order valence-electron chi connectivity index (χ3n) is 6.84. The maximum absolute atomic E-state index is 13.3. The predicted octanol–water partition coefficient (Wildman–Crippen LogP) is 2.87. The van der Waals surface area contributed by atoms with Crippen LogP contribution in [0.4, 0.5) is 24.5 Å². The first kappa shape index (κ1) is 32.2. The number of rotatable bonds is 6. The van der Waals surface area contributed by atoms with Crippen LogP contribution in [0.25, 0.3) is 0 Å². The number of nitrogens with zero attached hydrogens (tertiary/aromatic N) is 3. The van der Waals surface area contributed by atoms with Gasteiger partial charge in [-0.05, 0) is 62.3 Å². The van der Waals surface area contributed by atoms with Gasteiger partial charge in [0, 0.05) is 51.4 Å². The van der Waals surface area contributed by atoms with E-state index in [1.807, 2.05) is 36.1 Å². The quantitative estimate of drug-likeness (QED) is 0.464. The molecule has 2 aliphatic heterocycles. The molecule has 1 amide bonds. The molecule has 0 unspecified atom stereocenters. The molecule has 2 aromatic rings. The summed E-state index contributed by atoms with van der Waals surface area (Å²) in [6.07, 6.45) is -3.31. The zero-order valence-corrected chi connectivity index (χ0v) is 23.9. The Morgan fingerprint density at radius 1 is 0.976 bits per heavy atom. The summed E-state index contributed by atoms with van der Waals surface area (Å²) < 4.78 is 61.0. The molecule has 0 saturated carbocycles. The number of hydrogen-bond acceptors (Lipinski definition) is 7. The first-order valence-corrected chi connectivity index (χ1v) is 14.8. The molecule has 2 heterocycles. The van der Waals surface area contributed by atoms with E-state index in [4.69, 9.17) is 9.90 Å². The van der Waals surface area contributed by atoms with Crippen LogP contribution in [0.2, 0.25) is 0 Å². The number of hydrogen-bond donors (Lipinski definition) is 3. The molecule has 10 nitrogen and oxygen atoms in total. The van der Waals surface area contributed by atoms with Gasteiger partial charge in [0.2, 0.25) is 0 Å². The Hall–Kier alpha value is -3.36. The maximum Gasteiger partial charge on any atom is 0.490 e. The van der Waals surface area contributed by atoms with Crippen molar-refractivity contribution in [2.24, 2.45) is 0 Å². The number of nitrogens with one attached hydrogen (secondary N) is 2. The summed E-state index contributed by atoms with van der Waals surface area (Å²) in [7, 11) is -1.74. The standard InChI is InChI=1S/C25H35N5O3S.C2HF3O2/c1-3-20-5-8-22(9-6-20)34(32,33)27-23-19-21(7-10-24(23)29-15-11-26-12-16-29)25(31)30-14-4-13-28(2)17-18-30;3-2(4,5)1(6)7/h5-10,19,26-27H,3-4,11-18H2,1-2H3;(H,6,7). The van der Waals surface area contributed by atoms with E-state index in [2.05, 4.69) is 26.9 Å². The number of carboxylic acid groups (broad SMARTS) is 1. The smallest absolute Gasteiger partial charge is 0.475 e. The number of amides is 1. The fraction of sp³-hybridized carbons (Fsp3) is 0.481. The lowest BCUT2D eigenvalue weighted by molar-refractivity contribution is -0.192. The molecule has 226 valence electrons. The molecule has 0 aromatic heterocycles. The van der Waals surface area contributed by atoms with Crippen molar-refractivity contribution in [1.29, 1.82) is 0 Å². The Labute approximate surface area is 238 Å². The lowest BCUT2D eigenvalue weighted by Crippen LogP contribution is -2.43. The van der Waals surface area contributed by atoms with Crippen LogP contribution in [0.5, 0.6) is 0 Å². The third kappa shape index (κ3) is 9.07. The number of carboxylic acids is 1. The molecule has 0 radical (unpaired) electrons. The number of alkyl halides is 3. The molecule has 0 atom stereocenters. The average Bonchev–Trinajstić information content (AvgIpc) is 3.17. The zero-order chi connectivity index (χ0) is 30.2. The minimum atomic E-state index is -5.08. The van der Waals surface area contributed by atoms with Crippen LogP contribution in [-0.4, -0.2) is 101 Å². The van der Waals surface area contributed by atoms with Gasteiger partial charge in [-0.1, -0.05) is 19.1 Å². The summed E-state index contributed by atoms with van der Waals surface area (Å²) >= 11 is 0. The number of aryl methyl sites for hydroxylation is 1. The second-order valence-electron chi connectivity index (χ2n) is 9.82. The Morgan fingerprint density at radius 3 is 2.20 bits per heavy atom. The van der Waals surface area contributed by atoms with Crippen molar-refractivity contribution in [2.45, 2.75) is 30.8 Å². The van der Waals surface area contributed by atoms with E-state index in [0.717, 1.165) is 63.4 Å². The van der Waals surface area contributed by atoms with Crippen LogP contribution in [0, 0.1) is 0 Å². The van der Waals surface area contributed by atoms with Gasteiger partial charge in [0.05, 0.1) is 16.3 Å². The number of likely N-dealkylation sites (N-methyl/N-ethyl adjacent to an activating group) is 1. The summed E-state index contributed by atoms with van der Waals surface area (Å²) in [4.78, 5) is 28.7. The van der Waals surface area contributed by atoms with Crippen molar-refractivity contribution >= 4 is 33.3 Å². The van der Waals surface area contributed by atoms with E-state index in [1.165, 1.54) is 0 Å².